The van der Waals surface area contributed by atoms with Gasteiger partial charge in [-0.3, -0.25) is 4.98 Å². The maximum absolute atomic E-state index is 12.6. The molecule has 1 aromatic heterocycles. The zero-order valence-electron chi connectivity index (χ0n) is 12.1. The Morgan fingerprint density at radius 3 is 2.22 bits per heavy atom. The number of benzene rings is 1. The van der Waals surface area contributed by atoms with E-state index in [9.17, 15) is 8.42 Å². The molecule has 6 nitrogen and oxygen atoms in total. The Balaban J connectivity index is 1.72. The van der Waals surface area contributed by atoms with E-state index in [1.807, 2.05) is 4.90 Å². The van der Waals surface area contributed by atoms with E-state index in [-0.39, 0.29) is 4.90 Å². The SMILES string of the molecule is O=S(=O)(c1ccc(Cl)cc1)N1CCN(c2cncc(Cl)n2)CC1. The highest BCUT2D eigenvalue weighted by atomic mass is 35.5. The topological polar surface area (TPSA) is 66.4 Å². The average Bonchev–Trinajstić information content (AvgIpc) is 2.55. The molecule has 1 aliphatic rings. The van der Waals surface area contributed by atoms with Gasteiger partial charge >= 0.3 is 0 Å². The van der Waals surface area contributed by atoms with Crippen LogP contribution in [0.1, 0.15) is 0 Å². The Morgan fingerprint density at radius 1 is 0.957 bits per heavy atom. The van der Waals surface area contributed by atoms with Gasteiger partial charge in [-0.2, -0.15) is 4.31 Å². The maximum atomic E-state index is 12.6. The summed E-state index contributed by atoms with van der Waals surface area (Å²) >= 11 is 11.6. The van der Waals surface area contributed by atoms with Crippen LogP contribution in [0.3, 0.4) is 0 Å². The van der Waals surface area contributed by atoms with E-state index in [1.165, 1.54) is 22.6 Å². The monoisotopic (exact) mass is 372 g/mol. The quantitative estimate of drug-likeness (QED) is 0.826. The van der Waals surface area contributed by atoms with Gasteiger partial charge in [0.1, 0.15) is 11.0 Å². The van der Waals surface area contributed by atoms with Crippen LogP contribution in [0.5, 0.6) is 0 Å². The van der Waals surface area contributed by atoms with Crippen molar-refractivity contribution < 1.29 is 8.42 Å². The Bertz CT molecular complexity index is 791. The second kappa shape index (κ2) is 6.60. The summed E-state index contributed by atoms with van der Waals surface area (Å²) in [5, 5.41) is 0.826. The fourth-order valence-electron chi connectivity index (χ4n) is 2.40. The van der Waals surface area contributed by atoms with Crippen LogP contribution in [-0.2, 0) is 10.0 Å². The van der Waals surface area contributed by atoms with Gasteiger partial charge in [0.2, 0.25) is 10.0 Å². The molecule has 23 heavy (non-hydrogen) atoms. The standard InChI is InChI=1S/C14H14Cl2N4O2S/c15-11-1-3-12(4-2-11)23(21,22)20-7-5-19(6-8-20)14-10-17-9-13(16)18-14/h1-4,9-10H,5-8H2. The lowest BCUT2D eigenvalue weighted by Crippen LogP contribution is -2.48. The van der Waals surface area contributed by atoms with Crippen LogP contribution in [0.4, 0.5) is 5.82 Å². The average molecular weight is 373 g/mol. The minimum atomic E-state index is -3.51. The fraction of sp³-hybridized carbons (Fsp3) is 0.286. The highest BCUT2D eigenvalue weighted by Gasteiger charge is 2.28. The lowest BCUT2D eigenvalue weighted by Gasteiger charge is -2.34. The summed E-state index contributed by atoms with van der Waals surface area (Å²) < 4.78 is 26.7. The minimum absolute atomic E-state index is 0.248. The molecule has 0 aliphatic carbocycles. The summed E-state index contributed by atoms with van der Waals surface area (Å²) in [6, 6.07) is 6.19. The minimum Gasteiger partial charge on any atom is -0.353 e. The zero-order valence-corrected chi connectivity index (χ0v) is 14.4. The first kappa shape index (κ1) is 16.4. The normalized spacial score (nSPS) is 16.5. The van der Waals surface area contributed by atoms with E-state index in [0.717, 1.165) is 0 Å². The lowest BCUT2D eigenvalue weighted by molar-refractivity contribution is 0.383. The van der Waals surface area contributed by atoms with Gasteiger partial charge in [-0.25, -0.2) is 13.4 Å². The van der Waals surface area contributed by atoms with Crippen LogP contribution < -0.4 is 4.90 Å². The van der Waals surface area contributed by atoms with E-state index in [0.29, 0.717) is 42.2 Å². The molecule has 0 amide bonds. The molecule has 1 fully saturated rings. The van der Waals surface area contributed by atoms with Crippen molar-refractivity contribution in [1.29, 1.82) is 0 Å². The molecule has 0 radical (unpaired) electrons. The molecule has 3 rings (SSSR count). The van der Waals surface area contributed by atoms with Crippen LogP contribution in [0.15, 0.2) is 41.6 Å². The van der Waals surface area contributed by atoms with Crippen LogP contribution in [-0.4, -0.2) is 48.9 Å². The van der Waals surface area contributed by atoms with Gasteiger partial charge in [0.25, 0.3) is 0 Å². The first-order valence-electron chi connectivity index (χ1n) is 6.95. The molecule has 9 heteroatoms. The van der Waals surface area contributed by atoms with Crippen LogP contribution in [0.25, 0.3) is 0 Å². The molecular weight excluding hydrogens is 359 g/mol. The Kier molecular flexibility index (Phi) is 4.72. The van der Waals surface area contributed by atoms with Gasteiger partial charge in [-0.15, -0.1) is 0 Å². The van der Waals surface area contributed by atoms with Crippen molar-refractivity contribution in [2.75, 3.05) is 31.1 Å². The van der Waals surface area contributed by atoms with Crippen molar-refractivity contribution in [2.24, 2.45) is 0 Å². The summed E-state index contributed by atoms with van der Waals surface area (Å²) in [7, 11) is -3.51. The summed E-state index contributed by atoms with van der Waals surface area (Å²) in [6.45, 7) is 1.81. The number of aromatic nitrogens is 2. The number of nitrogens with zero attached hydrogens (tertiary/aromatic N) is 4. The number of hydrogen-bond acceptors (Lipinski definition) is 5. The van der Waals surface area contributed by atoms with Crippen LogP contribution >= 0.6 is 23.2 Å². The molecule has 0 N–H and O–H groups in total. The molecule has 122 valence electrons. The fourth-order valence-corrected chi connectivity index (χ4v) is 4.09. The lowest BCUT2D eigenvalue weighted by atomic mass is 10.3. The summed E-state index contributed by atoms with van der Waals surface area (Å²) in [6.07, 6.45) is 3.08. The van der Waals surface area contributed by atoms with Crippen molar-refractivity contribution in [2.45, 2.75) is 4.90 Å². The molecule has 0 atom stereocenters. The zero-order chi connectivity index (χ0) is 16.4. The number of piperazine rings is 1. The summed E-state index contributed by atoms with van der Waals surface area (Å²) in [4.78, 5) is 10.4. The van der Waals surface area contributed by atoms with E-state index in [4.69, 9.17) is 23.2 Å². The van der Waals surface area contributed by atoms with Gasteiger partial charge in [0, 0.05) is 31.2 Å². The van der Waals surface area contributed by atoms with Gasteiger partial charge in [0.15, 0.2) is 0 Å². The predicted octanol–water partition coefficient (Wildman–Crippen LogP) is 2.29. The largest absolute Gasteiger partial charge is 0.353 e. The van der Waals surface area contributed by atoms with Gasteiger partial charge in [-0.05, 0) is 24.3 Å². The molecule has 0 unspecified atom stereocenters. The maximum Gasteiger partial charge on any atom is 0.243 e. The number of hydrogen-bond donors (Lipinski definition) is 0. The number of sulfonamides is 1. The Morgan fingerprint density at radius 2 is 1.61 bits per heavy atom. The third-order valence-corrected chi connectivity index (χ3v) is 5.95. The van der Waals surface area contributed by atoms with Crippen molar-refractivity contribution >= 4 is 39.0 Å². The first-order chi connectivity index (χ1) is 11.0. The summed E-state index contributed by atoms with van der Waals surface area (Å²) in [5.74, 6) is 0.654. The molecule has 0 spiro atoms. The Labute approximate surface area is 144 Å². The van der Waals surface area contributed by atoms with Crippen molar-refractivity contribution in [3.8, 4) is 0 Å². The van der Waals surface area contributed by atoms with Crippen molar-refractivity contribution in [1.82, 2.24) is 14.3 Å². The number of halogens is 2. The van der Waals surface area contributed by atoms with Gasteiger partial charge in [0.05, 0.1) is 17.3 Å². The van der Waals surface area contributed by atoms with E-state index < -0.39 is 10.0 Å². The molecular formula is C14H14Cl2N4O2S. The highest BCUT2D eigenvalue weighted by Crippen LogP contribution is 2.21. The smallest absolute Gasteiger partial charge is 0.243 e. The molecule has 0 saturated carbocycles. The van der Waals surface area contributed by atoms with E-state index in [1.54, 1.807) is 18.3 Å². The third kappa shape index (κ3) is 3.58. The molecule has 1 saturated heterocycles. The first-order valence-corrected chi connectivity index (χ1v) is 9.14. The van der Waals surface area contributed by atoms with Crippen LogP contribution in [0, 0.1) is 0 Å². The van der Waals surface area contributed by atoms with Crippen molar-refractivity contribution in [3.63, 3.8) is 0 Å². The van der Waals surface area contributed by atoms with Crippen molar-refractivity contribution in [3.05, 3.63) is 46.8 Å². The van der Waals surface area contributed by atoms with Gasteiger partial charge < -0.3 is 4.90 Å². The molecule has 2 aromatic rings. The predicted molar refractivity (Wildman–Crippen MR) is 89.5 cm³/mol. The number of rotatable bonds is 3. The molecule has 1 aromatic carbocycles. The van der Waals surface area contributed by atoms with Gasteiger partial charge in [-0.1, -0.05) is 23.2 Å². The van der Waals surface area contributed by atoms with Crippen LogP contribution in [0.2, 0.25) is 10.2 Å². The molecule has 0 bridgehead atoms. The second-order valence-electron chi connectivity index (χ2n) is 5.05. The molecule has 2 heterocycles. The number of anilines is 1. The third-order valence-electron chi connectivity index (χ3n) is 3.61. The summed E-state index contributed by atoms with van der Waals surface area (Å²) in [5.41, 5.74) is 0. The van der Waals surface area contributed by atoms with E-state index >= 15 is 0 Å². The second-order valence-corrected chi connectivity index (χ2v) is 7.81. The highest BCUT2D eigenvalue weighted by molar-refractivity contribution is 7.89. The molecule has 1 aliphatic heterocycles. The Hall–Kier alpha value is -1.41. The van der Waals surface area contributed by atoms with E-state index in [2.05, 4.69) is 9.97 Å².